The van der Waals surface area contributed by atoms with Crippen molar-refractivity contribution in [3.05, 3.63) is 65.7 Å². The Morgan fingerprint density at radius 2 is 2.00 bits per heavy atom. The van der Waals surface area contributed by atoms with Crippen LogP contribution in [0.5, 0.6) is 0 Å². The normalized spacial score (nSPS) is 19.1. The molecule has 1 aromatic heterocycles. The summed E-state index contributed by atoms with van der Waals surface area (Å²) in [5.41, 5.74) is 2.09. The van der Waals surface area contributed by atoms with E-state index in [1.165, 1.54) is 6.07 Å². The molecule has 2 heterocycles. The van der Waals surface area contributed by atoms with Gasteiger partial charge in [-0.25, -0.2) is 4.39 Å². The van der Waals surface area contributed by atoms with Crippen molar-refractivity contribution in [2.75, 3.05) is 6.54 Å². The first-order valence-electron chi connectivity index (χ1n) is 9.37. The van der Waals surface area contributed by atoms with Crippen molar-refractivity contribution in [1.29, 1.82) is 0 Å². The van der Waals surface area contributed by atoms with E-state index in [1.54, 1.807) is 29.3 Å². The van der Waals surface area contributed by atoms with Crippen molar-refractivity contribution >= 4 is 11.6 Å². The summed E-state index contributed by atoms with van der Waals surface area (Å²) in [6.07, 6.45) is 4.97. The highest BCUT2D eigenvalue weighted by Crippen LogP contribution is 2.29. The van der Waals surface area contributed by atoms with E-state index in [0.717, 1.165) is 30.7 Å². The van der Waals surface area contributed by atoms with Gasteiger partial charge in [-0.1, -0.05) is 35.8 Å². The second kappa shape index (κ2) is 7.86. The fourth-order valence-corrected chi connectivity index (χ4v) is 3.43. The van der Waals surface area contributed by atoms with E-state index in [-0.39, 0.29) is 30.3 Å². The maximum Gasteiger partial charge on any atom is 0.226 e. The largest absolute Gasteiger partial charge is 0.390 e. The quantitative estimate of drug-likeness (QED) is 0.785. The molecular weight excluding hydrogens is 345 g/mol. The number of hydrogen-bond donors (Lipinski definition) is 0. The number of carbonyl (C=O) groups excluding carboxylic acids is 1. The van der Waals surface area contributed by atoms with Crippen LogP contribution in [0, 0.1) is 11.7 Å². The van der Waals surface area contributed by atoms with Gasteiger partial charge in [0.05, 0.1) is 12.2 Å². The Kier molecular flexibility index (Phi) is 5.14. The first kappa shape index (κ1) is 17.6. The number of aromatic nitrogens is 1. The van der Waals surface area contributed by atoms with Gasteiger partial charge in [-0.2, -0.15) is 0 Å². The van der Waals surface area contributed by atoms with E-state index in [0.29, 0.717) is 18.5 Å². The predicted octanol–water partition coefficient (Wildman–Crippen LogP) is 3.54. The van der Waals surface area contributed by atoms with Crippen LogP contribution in [0.15, 0.2) is 53.8 Å². The van der Waals surface area contributed by atoms with Crippen LogP contribution in [0.4, 0.5) is 4.39 Å². The van der Waals surface area contributed by atoms with Crippen LogP contribution in [0.1, 0.15) is 36.9 Å². The third kappa shape index (κ3) is 3.99. The zero-order valence-corrected chi connectivity index (χ0v) is 15.1. The van der Waals surface area contributed by atoms with Crippen LogP contribution >= 0.6 is 0 Å². The highest BCUT2D eigenvalue weighted by Gasteiger charge is 2.33. The molecule has 2 aliphatic rings. The van der Waals surface area contributed by atoms with Crippen molar-refractivity contribution in [1.82, 2.24) is 9.88 Å². The van der Waals surface area contributed by atoms with Crippen LogP contribution < -0.4 is 0 Å². The second-order valence-corrected chi connectivity index (χ2v) is 7.12. The average Bonchev–Trinajstić information content (AvgIpc) is 3.11. The number of hydrogen-bond acceptors (Lipinski definition) is 4. The molecule has 0 radical (unpaired) electrons. The zero-order chi connectivity index (χ0) is 18.6. The molecule has 5 nitrogen and oxygen atoms in total. The Labute approximate surface area is 157 Å². The number of pyridine rings is 1. The van der Waals surface area contributed by atoms with Gasteiger partial charge in [0.1, 0.15) is 11.5 Å². The molecule has 0 spiro atoms. The second-order valence-electron chi connectivity index (χ2n) is 7.12. The zero-order valence-electron chi connectivity index (χ0n) is 15.1. The Hall–Kier alpha value is -2.76. The number of rotatable bonds is 6. The molecule has 6 heteroatoms. The SMILES string of the molecule is O=C(C1CCC1)N(Cc1ccccc1F)C[C@H]1CC(c2ccccn2)=NO1. The highest BCUT2D eigenvalue weighted by atomic mass is 19.1. The smallest absolute Gasteiger partial charge is 0.226 e. The van der Waals surface area contributed by atoms with E-state index in [9.17, 15) is 9.18 Å². The topological polar surface area (TPSA) is 54.8 Å². The van der Waals surface area contributed by atoms with Crippen molar-refractivity contribution in [2.45, 2.75) is 38.3 Å². The monoisotopic (exact) mass is 367 g/mol. The summed E-state index contributed by atoms with van der Waals surface area (Å²) >= 11 is 0. The van der Waals surface area contributed by atoms with Crippen molar-refractivity contribution in [3.8, 4) is 0 Å². The highest BCUT2D eigenvalue weighted by molar-refractivity contribution is 5.99. The summed E-state index contributed by atoms with van der Waals surface area (Å²) in [5.74, 6) is -0.157. The number of carbonyl (C=O) groups is 1. The van der Waals surface area contributed by atoms with Crippen LogP contribution in [-0.2, 0) is 16.2 Å². The Morgan fingerprint density at radius 3 is 2.70 bits per heavy atom. The number of amides is 1. The molecule has 0 unspecified atom stereocenters. The van der Waals surface area contributed by atoms with Gasteiger partial charge in [0.2, 0.25) is 5.91 Å². The lowest BCUT2D eigenvalue weighted by molar-refractivity contribution is -0.140. The number of halogens is 1. The number of benzene rings is 1. The fourth-order valence-electron chi connectivity index (χ4n) is 3.43. The summed E-state index contributed by atoms with van der Waals surface area (Å²) in [6, 6.07) is 12.2. The van der Waals surface area contributed by atoms with Gasteiger partial charge in [-0.15, -0.1) is 0 Å². The molecule has 4 rings (SSSR count). The minimum Gasteiger partial charge on any atom is -0.390 e. The van der Waals surface area contributed by atoms with E-state index in [4.69, 9.17) is 4.84 Å². The van der Waals surface area contributed by atoms with Crippen LogP contribution in [0.3, 0.4) is 0 Å². The molecular formula is C21H22FN3O2. The molecule has 0 N–H and O–H groups in total. The molecule has 1 aromatic carbocycles. The summed E-state index contributed by atoms with van der Waals surface area (Å²) in [6.45, 7) is 0.643. The van der Waals surface area contributed by atoms with Crippen molar-refractivity contribution in [2.24, 2.45) is 11.1 Å². The molecule has 1 aliphatic carbocycles. The van der Waals surface area contributed by atoms with Gasteiger partial charge in [0, 0.05) is 30.6 Å². The Morgan fingerprint density at radius 1 is 1.19 bits per heavy atom. The molecule has 1 aliphatic heterocycles. The Bertz CT molecular complexity index is 836. The third-order valence-electron chi connectivity index (χ3n) is 5.20. The fraction of sp³-hybridized carbons (Fsp3) is 0.381. The molecule has 2 aromatic rings. The molecule has 27 heavy (non-hydrogen) atoms. The van der Waals surface area contributed by atoms with Crippen LogP contribution in [0.2, 0.25) is 0 Å². The maximum absolute atomic E-state index is 14.1. The summed E-state index contributed by atoms with van der Waals surface area (Å²) < 4.78 is 14.1. The van der Waals surface area contributed by atoms with Crippen LogP contribution in [0.25, 0.3) is 0 Å². The number of nitrogens with zero attached hydrogens (tertiary/aromatic N) is 3. The summed E-state index contributed by atoms with van der Waals surface area (Å²) in [4.78, 5) is 24.5. The van der Waals surface area contributed by atoms with Crippen molar-refractivity contribution < 1.29 is 14.0 Å². The standard InChI is InChI=1S/C21H22FN3O2/c22-18-9-2-1-6-16(18)13-25(21(26)15-7-5-8-15)14-17-12-20(24-27-17)19-10-3-4-11-23-19/h1-4,6,9-11,15,17H,5,7-8,12-14H2/t17-/m1/s1. The first-order valence-corrected chi connectivity index (χ1v) is 9.37. The van der Waals surface area contributed by atoms with Gasteiger partial charge < -0.3 is 9.74 Å². The van der Waals surface area contributed by atoms with Crippen LogP contribution in [-0.4, -0.2) is 34.2 Å². The molecule has 1 amide bonds. The number of oxime groups is 1. The summed E-state index contributed by atoms with van der Waals surface area (Å²) in [5, 5.41) is 4.15. The lowest BCUT2D eigenvalue weighted by Crippen LogP contribution is -2.42. The predicted molar refractivity (Wildman–Crippen MR) is 99.4 cm³/mol. The maximum atomic E-state index is 14.1. The minimum atomic E-state index is -0.290. The Balaban J connectivity index is 1.45. The molecule has 1 fully saturated rings. The molecule has 1 saturated carbocycles. The lowest BCUT2D eigenvalue weighted by Gasteiger charge is -2.32. The molecule has 0 bridgehead atoms. The van der Waals surface area contributed by atoms with Gasteiger partial charge >= 0.3 is 0 Å². The van der Waals surface area contributed by atoms with Gasteiger partial charge in [0.25, 0.3) is 0 Å². The van der Waals surface area contributed by atoms with E-state index >= 15 is 0 Å². The molecule has 140 valence electrons. The average molecular weight is 367 g/mol. The summed E-state index contributed by atoms with van der Waals surface area (Å²) in [7, 11) is 0. The molecule has 1 atom stereocenters. The van der Waals surface area contributed by atoms with Gasteiger partial charge in [-0.05, 0) is 31.0 Å². The van der Waals surface area contributed by atoms with Gasteiger partial charge in [-0.3, -0.25) is 9.78 Å². The minimum absolute atomic E-state index is 0.0503. The van der Waals surface area contributed by atoms with E-state index in [1.807, 2.05) is 18.2 Å². The molecule has 0 saturated heterocycles. The lowest BCUT2D eigenvalue weighted by atomic mass is 9.84. The first-order chi connectivity index (χ1) is 13.2. The van der Waals surface area contributed by atoms with Crippen molar-refractivity contribution in [3.63, 3.8) is 0 Å². The van der Waals surface area contributed by atoms with E-state index in [2.05, 4.69) is 10.1 Å². The third-order valence-corrected chi connectivity index (χ3v) is 5.20. The van der Waals surface area contributed by atoms with E-state index < -0.39 is 0 Å². The van der Waals surface area contributed by atoms with Gasteiger partial charge in [0.15, 0.2) is 6.10 Å².